The van der Waals surface area contributed by atoms with E-state index in [0.717, 1.165) is 19.6 Å². The molecule has 0 radical (unpaired) electrons. The molecule has 1 aliphatic carbocycles. The molecule has 0 unspecified atom stereocenters. The lowest BCUT2D eigenvalue weighted by molar-refractivity contribution is 0.0464. The highest BCUT2D eigenvalue weighted by molar-refractivity contribution is 4.81. The average molecular weight is 243 g/mol. The van der Waals surface area contributed by atoms with E-state index in [1.807, 2.05) is 0 Å². The second-order valence-corrected chi connectivity index (χ2v) is 5.33. The smallest absolute Gasteiger partial charge is 0.0700 e. The Morgan fingerprint density at radius 1 is 0.941 bits per heavy atom. The summed E-state index contributed by atoms with van der Waals surface area (Å²) in [4.78, 5) is 0. The molecule has 1 saturated carbocycles. The summed E-state index contributed by atoms with van der Waals surface area (Å²) in [6, 6.07) is 0. The van der Waals surface area contributed by atoms with Crippen LogP contribution in [0.4, 0.5) is 0 Å². The molecule has 0 amide bonds. The van der Waals surface area contributed by atoms with Crippen molar-refractivity contribution in [2.24, 2.45) is 11.1 Å². The van der Waals surface area contributed by atoms with E-state index in [9.17, 15) is 0 Å². The van der Waals surface area contributed by atoms with E-state index in [1.165, 1.54) is 44.9 Å². The molecule has 3 heteroatoms. The Balaban J connectivity index is 2.26. The molecule has 0 saturated heterocycles. The van der Waals surface area contributed by atoms with Crippen molar-refractivity contribution < 1.29 is 9.47 Å². The Labute approximate surface area is 106 Å². The molecule has 0 bridgehead atoms. The number of hydrogen-bond donors (Lipinski definition) is 1. The number of methoxy groups -OCH3 is 1. The first-order chi connectivity index (χ1) is 8.33. The van der Waals surface area contributed by atoms with Crippen LogP contribution in [0, 0.1) is 5.41 Å². The van der Waals surface area contributed by atoms with Crippen LogP contribution in [0.5, 0.6) is 0 Å². The van der Waals surface area contributed by atoms with Crippen LogP contribution in [0.1, 0.15) is 51.4 Å². The fraction of sp³-hybridized carbons (Fsp3) is 1.00. The van der Waals surface area contributed by atoms with Crippen molar-refractivity contribution >= 4 is 0 Å². The molecule has 0 aromatic heterocycles. The van der Waals surface area contributed by atoms with Gasteiger partial charge in [-0.15, -0.1) is 0 Å². The van der Waals surface area contributed by atoms with Gasteiger partial charge in [0.2, 0.25) is 0 Å². The molecule has 2 N–H and O–H groups in total. The topological polar surface area (TPSA) is 44.5 Å². The third-order valence-electron chi connectivity index (χ3n) is 4.06. The van der Waals surface area contributed by atoms with E-state index in [1.54, 1.807) is 7.11 Å². The van der Waals surface area contributed by atoms with E-state index in [-0.39, 0.29) is 0 Å². The van der Waals surface area contributed by atoms with Crippen LogP contribution in [0.25, 0.3) is 0 Å². The fourth-order valence-corrected chi connectivity index (χ4v) is 2.74. The summed E-state index contributed by atoms with van der Waals surface area (Å²) >= 11 is 0. The molecule has 0 aromatic rings. The van der Waals surface area contributed by atoms with Crippen LogP contribution >= 0.6 is 0 Å². The van der Waals surface area contributed by atoms with Crippen LogP contribution in [-0.4, -0.2) is 33.5 Å². The third kappa shape index (κ3) is 5.84. The Morgan fingerprint density at radius 2 is 1.59 bits per heavy atom. The standard InChI is InChI=1S/C14H29NO2/c1-16-11-12-17-10-9-14(13-15)7-5-3-2-4-6-8-14/h2-13,15H2,1H3. The molecule has 1 fully saturated rings. The second kappa shape index (κ2) is 8.90. The van der Waals surface area contributed by atoms with Gasteiger partial charge in [-0.25, -0.2) is 0 Å². The van der Waals surface area contributed by atoms with Crippen molar-refractivity contribution in [1.29, 1.82) is 0 Å². The highest BCUT2D eigenvalue weighted by Crippen LogP contribution is 2.36. The normalized spacial score (nSPS) is 20.8. The molecule has 0 spiro atoms. The summed E-state index contributed by atoms with van der Waals surface area (Å²) in [6.07, 6.45) is 10.6. The number of ether oxygens (including phenoxy) is 2. The van der Waals surface area contributed by atoms with Gasteiger partial charge in [0.1, 0.15) is 0 Å². The first-order valence-electron chi connectivity index (χ1n) is 7.10. The number of rotatable bonds is 7. The molecule has 0 atom stereocenters. The molecule has 0 heterocycles. The van der Waals surface area contributed by atoms with Gasteiger partial charge >= 0.3 is 0 Å². The van der Waals surface area contributed by atoms with Crippen LogP contribution in [0.2, 0.25) is 0 Å². The fourth-order valence-electron chi connectivity index (χ4n) is 2.74. The van der Waals surface area contributed by atoms with Crippen molar-refractivity contribution in [3.05, 3.63) is 0 Å². The highest BCUT2D eigenvalue weighted by Gasteiger charge is 2.28. The van der Waals surface area contributed by atoms with Crippen LogP contribution in [-0.2, 0) is 9.47 Å². The van der Waals surface area contributed by atoms with Gasteiger partial charge in [-0.05, 0) is 31.2 Å². The summed E-state index contributed by atoms with van der Waals surface area (Å²) in [7, 11) is 1.71. The SMILES string of the molecule is COCCOCCC1(CN)CCCCCCC1. The predicted octanol–water partition coefficient (Wildman–Crippen LogP) is 2.73. The molecule has 17 heavy (non-hydrogen) atoms. The zero-order valence-corrected chi connectivity index (χ0v) is 11.4. The summed E-state index contributed by atoms with van der Waals surface area (Å²) in [5.41, 5.74) is 6.37. The molecule has 1 rings (SSSR count). The zero-order valence-electron chi connectivity index (χ0n) is 11.4. The molecular weight excluding hydrogens is 214 g/mol. The lowest BCUT2D eigenvalue weighted by Gasteiger charge is -2.34. The van der Waals surface area contributed by atoms with E-state index in [2.05, 4.69) is 0 Å². The van der Waals surface area contributed by atoms with Gasteiger partial charge in [0.25, 0.3) is 0 Å². The van der Waals surface area contributed by atoms with Crippen molar-refractivity contribution in [3.63, 3.8) is 0 Å². The van der Waals surface area contributed by atoms with Gasteiger partial charge in [-0.2, -0.15) is 0 Å². The zero-order chi connectivity index (χ0) is 12.4. The maximum atomic E-state index is 6.02. The van der Waals surface area contributed by atoms with Gasteiger partial charge in [-0.1, -0.05) is 32.1 Å². The van der Waals surface area contributed by atoms with Crippen LogP contribution in [0.15, 0.2) is 0 Å². The van der Waals surface area contributed by atoms with E-state index < -0.39 is 0 Å². The summed E-state index contributed by atoms with van der Waals surface area (Å²) in [6.45, 7) is 3.05. The Bertz CT molecular complexity index is 177. The Kier molecular flexibility index (Phi) is 7.82. The summed E-state index contributed by atoms with van der Waals surface area (Å²) in [5, 5.41) is 0. The highest BCUT2D eigenvalue weighted by atomic mass is 16.5. The first kappa shape index (κ1) is 14.9. The predicted molar refractivity (Wildman–Crippen MR) is 71.1 cm³/mol. The third-order valence-corrected chi connectivity index (χ3v) is 4.06. The average Bonchev–Trinajstić information content (AvgIpc) is 2.32. The van der Waals surface area contributed by atoms with E-state index >= 15 is 0 Å². The quantitative estimate of drug-likeness (QED) is 0.699. The minimum absolute atomic E-state index is 0.355. The van der Waals surface area contributed by atoms with E-state index in [4.69, 9.17) is 15.2 Å². The minimum atomic E-state index is 0.355. The number of nitrogens with two attached hydrogens (primary N) is 1. The van der Waals surface area contributed by atoms with E-state index in [0.29, 0.717) is 18.6 Å². The lowest BCUT2D eigenvalue weighted by Crippen LogP contribution is -2.32. The first-order valence-corrected chi connectivity index (χ1v) is 7.10. The van der Waals surface area contributed by atoms with Gasteiger partial charge in [0, 0.05) is 13.7 Å². The molecule has 0 aromatic carbocycles. The van der Waals surface area contributed by atoms with Gasteiger partial charge in [-0.3, -0.25) is 0 Å². The monoisotopic (exact) mass is 243 g/mol. The Hall–Kier alpha value is -0.120. The molecule has 0 aliphatic heterocycles. The van der Waals surface area contributed by atoms with Crippen molar-refractivity contribution in [3.8, 4) is 0 Å². The van der Waals surface area contributed by atoms with Gasteiger partial charge in [0.05, 0.1) is 13.2 Å². The summed E-state index contributed by atoms with van der Waals surface area (Å²) in [5.74, 6) is 0. The van der Waals surface area contributed by atoms with Crippen molar-refractivity contribution in [2.75, 3.05) is 33.5 Å². The van der Waals surface area contributed by atoms with Gasteiger partial charge in [0.15, 0.2) is 0 Å². The molecular formula is C14H29NO2. The minimum Gasteiger partial charge on any atom is -0.382 e. The Morgan fingerprint density at radius 3 is 2.18 bits per heavy atom. The van der Waals surface area contributed by atoms with Gasteiger partial charge < -0.3 is 15.2 Å². The maximum Gasteiger partial charge on any atom is 0.0700 e. The van der Waals surface area contributed by atoms with Crippen LogP contribution in [0.3, 0.4) is 0 Å². The number of hydrogen-bond acceptors (Lipinski definition) is 3. The maximum absolute atomic E-state index is 6.02. The molecule has 1 aliphatic rings. The summed E-state index contributed by atoms with van der Waals surface area (Å²) < 4.78 is 10.6. The van der Waals surface area contributed by atoms with Crippen molar-refractivity contribution in [2.45, 2.75) is 51.4 Å². The van der Waals surface area contributed by atoms with Crippen molar-refractivity contribution in [1.82, 2.24) is 0 Å². The lowest BCUT2D eigenvalue weighted by atomic mass is 9.74. The molecule has 102 valence electrons. The molecule has 3 nitrogen and oxygen atoms in total. The largest absolute Gasteiger partial charge is 0.382 e. The second-order valence-electron chi connectivity index (χ2n) is 5.33. The van der Waals surface area contributed by atoms with Crippen LogP contribution < -0.4 is 5.73 Å².